The van der Waals surface area contributed by atoms with Crippen molar-refractivity contribution in [3.63, 3.8) is 0 Å². The maximum absolute atomic E-state index is 12.1. The number of carbonyl (C=O) groups is 2. The molecule has 0 bridgehead atoms. The maximum Gasteiger partial charge on any atom is 0.306 e. The number of esters is 1. The third kappa shape index (κ3) is 15.4. The first-order valence-electron chi connectivity index (χ1n) is 14.8. The van der Waals surface area contributed by atoms with Crippen molar-refractivity contribution < 1.29 is 28.0 Å². The molecule has 0 saturated carbocycles. The molecule has 3 heteroatoms. The molecule has 2 atom stereocenters. The molecule has 0 aliphatic heterocycles. The van der Waals surface area contributed by atoms with Gasteiger partial charge in [-0.05, 0) is 37.5 Å². The lowest BCUT2D eigenvalue weighted by atomic mass is 9.82. The molecule has 0 aliphatic carbocycles. The highest BCUT2D eigenvalue weighted by molar-refractivity contribution is 5.76. The summed E-state index contributed by atoms with van der Waals surface area (Å²) >= 11 is 0. The normalized spacial score (nSPS) is 23.7. The quantitative estimate of drug-likeness (QED) is 0.217. The van der Waals surface area contributed by atoms with Crippen molar-refractivity contribution in [2.24, 2.45) is 10.8 Å². The van der Waals surface area contributed by atoms with Crippen LogP contribution in [0.1, 0.15) is 132 Å². The summed E-state index contributed by atoms with van der Waals surface area (Å²) in [6.45, 7) is -0.0999. The van der Waals surface area contributed by atoms with Gasteiger partial charge >= 0.3 is 5.97 Å². The first-order valence-corrected chi connectivity index (χ1v) is 9.82. The van der Waals surface area contributed by atoms with Gasteiger partial charge in [-0.3, -0.25) is 4.79 Å². The van der Waals surface area contributed by atoms with E-state index in [1.807, 2.05) is 0 Å². The zero-order chi connectivity index (χ0) is 28.6. The van der Waals surface area contributed by atoms with E-state index in [0.29, 0.717) is 25.7 Å². The second-order valence-electron chi connectivity index (χ2n) is 7.52. The van der Waals surface area contributed by atoms with Crippen LogP contribution in [-0.2, 0) is 14.3 Å². The van der Waals surface area contributed by atoms with Crippen LogP contribution in [0.25, 0.3) is 0 Å². The molecule has 0 spiro atoms. The van der Waals surface area contributed by atoms with Crippen molar-refractivity contribution >= 4 is 11.8 Å². The molecule has 154 valence electrons. The van der Waals surface area contributed by atoms with E-state index in [4.69, 9.17) is 18.4 Å². The van der Waals surface area contributed by atoms with E-state index < -0.39 is 49.0 Å². The molecule has 3 nitrogen and oxygen atoms in total. The summed E-state index contributed by atoms with van der Waals surface area (Å²) in [5, 5.41) is 0. The Labute approximate surface area is 176 Å². The fraction of sp³-hybridized carbons (Fsp3) is 0.913. The first-order chi connectivity index (χ1) is 16.1. The van der Waals surface area contributed by atoms with E-state index in [9.17, 15) is 9.59 Å². The van der Waals surface area contributed by atoms with E-state index in [2.05, 4.69) is 0 Å². The lowest BCUT2D eigenvalue weighted by Crippen LogP contribution is -2.18. The molecule has 0 saturated heterocycles. The van der Waals surface area contributed by atoms with Gasteiger partial charge in [0.15, 0.2) is 0 Å². The Hall–Kier alpha value is -0.860. The third-order valence-electron chi connectivity index (χ3n) is 4.21. The molecule has 0 amide bonds. The fourth-order valence-corrected chi connectivity index (χ4v) is 2.92. The summed E-state index contributed by atoms with van der Waals surface area (Å²) < 4.78 is 84.0. The van der Waals surface area contributed by atoms with Gasteiger partial charge < -0.3 is 9.53 Å². The van der Waals surface area contributed by atoms with Crippen LogP contribution < -0.4 is 0 Å². The van der Waals surface area contributed by atoms with Gasteiger partial charge in [0.2, 0.25) is 0 Å². The number of hydrogen-bond donors (Lipinski definition) is 0. The fourth-order valence-electron chi connectivity index (χ4n) is 2.92. The van der Waals surface area contributed by atoms with Crippen molar-refractivity contribution in [2.75, 3.05) is 6.61 Å². The Morgan fingerprint density at radius 2 is 1.27 bits per heavy atom. The number of carbonyl (C=O) groups excluding carboxylic acids is 2. The first kappa shape index (κ1) is 12.6. The van der Waals surface area contributed by atoms with Crippen LogP contribution in [0.3, 0.4) is 0 Å². The zero-order valence-electron chi connectivity index (χ0n) is 27.0. The SMILES string of the molecule is [2H]C([2H])([2H])C(C)(CCCCCCCCCCC(C)(C([2H])([2H])[2H])C([2H])([2H])C(=O)OCC)C([2H])([2H])C(C)=O. The minimum atomic E-state index is -2.68. The minimum absolute atomic E-state index is 0.0150. The van der Waals surface area contributed by atoms with Gasteiger partial charge in [0.25, 0.3) is 0 Å². The number of ketones is 1. The lowest BCUT2D eigenvalue weighted by molar-refractivity contribution is -0.145. The van der Waals surface area contributed by atoms with Gasteiger partial charge in [0.05, 0.1) is 13.0 Å². The topological polar surface area (TPSA) is 43.4 Å². The monoisotopic (exact) mass is 378 g/mol. The molecule has 0 fully saturated rings. The van der Waals surface area contributed by atoms with Gasteiger partial charge in [-0.15, -0.1) is 0 Å². The van der Waals surface area contributed by atoms with Gasteiger partial charge in [-0.25, -0.2) is 0 Å². The second kappa shape index (κ2) is 13.3. The Kier molecular flexibility index (Phi) is 6.44. The minimum Gasteiger partial charge on any atom is -0.466 e. The molecule has 0 radical (unpaired) electrons. The van der Waals surface area contributed by atoms with E-state index in [-0.39, 0.29) is 19.4 Å². The molecule has 0 aromatic carbocycles. The van der Waals surface area contributed by atoms with E-state index >= 15 is 0 Å². The lowest BCUT2D eigenvalue weighted by Gasteiger charge is -2.23. The van der Waals surface area contributed by atoms with E-state index in [1.54, 1.807) is 0 Å². The van der Waals surface area contributed by atoms with Crippen molar-refractivity contribution in [2.45, 2.75) is 118 Å². The predicted octanol–water partition coefficient (Wildman–Crippen LogP) is 6.87. The summed E-state index contributed by atoms with van der Waals surface area (Å²) in [5.41, 5.74) is -3.62. The maximum atomic E-state index is 12.1. The molecule has 0 aromatic heterocycles. The Morgan fingerprint density at radius 3 is 1.65 bits per heavy atom. The molecule has 2 unspecified atom stereocenters. The molecular formula is C23H44O3. The summed E-state index contributed by atoms with van der Waals surface area (Å²) in [4.78, 5) is 23.9. The van der Waals surface area contributed by atoms with Crippen LogP contribution in [-0.4, -0.2) is 18.4 Å². The van der Waals surface area contributed by atoms with Crippen molar-refractivity contribution in [1.29, 1.82) is 0 Å². The van der Waals surface area contributed by atoms with Crippen LogP contribution in [0, 0.1) is 10.8 Å². The van der Waals surface area contributed by atoms with Crippen LogP contribution >= 0.6 is 0 Å². The summed E-state index contributed by atoms with van der Waals surface area (Å²) in [5.74, 6) is -1.94. The average molecular weight is 379 g/mol. The van der Waals surface area contributed by atoms with Crippen molar-refractivity contribution in [3.8, 4) is 0 Å². The predicted molar refractivity (Wildman–Crippen MR) is 110 cm³/mol. The third-order valence-corrected chi connectivity index (χ3v) is 4.21. The molecule has 0 aliphatic rings. The van der Waals surface area contributed by atoms with Crippen molar-refractivity contribution in [3.05, 3.63) is 0 Å². The number of unbranched alkanes of at least 4 members (excludes halogenated alkanes) is 7. The summed E-state index contributed by atoms with van der Waals surface area (Å²) in [7, 11) is 0. The van der Waals surface area contributed by atoms with Crippen molar-refractivity contribution in [1.82, 2.24) is 0 Å². The van der Waals surface area contributed by atoms with Crippen LogP contribution in [0.15, 0.2) is 0 Å². The number of Topliss-reactive ketones (excluding diaryl/α,β-unsaturated/α-hetero) is 1. The highest BCUT2D eigenvalue weighted by Gasteiger charge is 2.22. The highest BCUT2D eigenvalue weighted by Crippen LogP contribution is 2.29. The number of ether oxygens (including phenoxy) is 1. The van der Waals surface area contributed by atoms with Crippen LogP contribution in [0.2, 0.25) is 0 Å². The molecule has 0 heterocycles. The molecular weight excluding hydrogens is 324 g/mol. The van der Waals surface area contributed by atoms with Crippen LogP contribution in [0.4, 0.5) is 0 Å². The van der Waals surface area contributed by atoms with Gasteiger partial charge in [0.1, 0.15) is 5.78 Å². The summed E-state index contributed by atoms with van der Waals surface area (Å²) in [6.07, 6.45) is 0.680. The molecule has 0 rings (SSSR count). The Balaban J connectivity index is 4.61. The molecule has 0 aromatic rings. The molecule has 0 N–H and O–H groups in total. The summed E-state index contributed by atoms with van der Waals surface area (Å²) in [6, 6.07) is 0. The van der Waals surface area contributed by atoms with E-state index in [1.165, 1.54) is 20.8 Å². The highest BCUT2D eigenvalue weighted by atomic mass is 16.5. The molecule has 26 heavy (non-hydrogen) atoms. The van der Waals surface area contributed by atoms with Gasteiger partial charge in [0, 0.05) is 20.1 Å². The smallest absolute Gasteiger partial charge is 0.306 e. The Bertz CT molecular complexity index is 718. The standard InChI is InChI=1S/C23H44O3/c1-7-26-21(25)19-23(5,6)17-15-13-11-9-8-10-12-14-16-22(3,4)18-20(2)24/h7-19H2,1-6H3/i3D3,5D3,18D2,19D2. The Morgan fingerprint density at radius 1 is 0.846 bits per heavy atom. The zero-order valence-corrected chi connectivity index (χ0v) is 17.0. The largest absolute Gasteiger partial charge is 0.466 e. The number of rotatable bonds is 16. The van der Waals surface area contributed by atoms with Gasteiger partial charge in [-0.1, -0.05) is 78.9 Å². The van der Waals surface area contributed by atoms with Crippen LogP contribution in [0.5, 0.6) is 0 Å². The van der Waals surface area contributed by atoms with Gasteiger partial charge in [-0.2, -0.15) is 0 Å². The van der Waals surface area contributed by atoms with E-state index in [0.717, 1.165) is 32.6 Å². The second-order valence-corrected chi connectivity index (χ2v) is 7.52. The number of hydrogen-bond acceptors (Lipinski definition) is 3. The average Bonchev–Trinajstić information content (AvgIpc) is 2.72.